The Balaban J connectivity index is 0.00000120. The molecule has 6 heteroatoms. The summed E-state index contributed by atoms with van der Waals surface area (Å²) >= 11 is 0. The Morgan fingerprint density at radius 3 is 2.15 bits per heavy atom. The second-order valence-corrected chi connectivity index (χ2v) is 5.27. The number of fused-ring (bicyclic) bond motifs is 1. The Hall–Kier alpha value is -0.350. The minimum Gasteiger partial charge on any atom is -0.374 e. The summed E-state index contributed by atoms with van der Waals surface area (Å²) in [7, 11) is 4.39. The Morgan fingerprint density at radius 1 is 0.850 bits per heavy atom. The van der Waals surface area contributed by atoms with Gasteiger partial charge < -0.3 is 14.7 Å². The van der Waals surface area contributed by atoms with Crippen molar-refractivity contribution in [2.24, 2.45) is 0 Å². The van der Waals surface area contributed by atoms with E-state index in [1.165, 1.54) is 43.0 Å². The lowest BCUT2D eigenvalue weighted by Crippen LogP contribution is -2.44. The third-order valence-electron chi connectivity index (χ3n) is 4.06. The Kier molecular flexibility index (Phi) is 8.04. The zero-order valence-corrected chi connectivity index (χ0v) is 14.5. The summed E-state index contributed by atoms with van der Waals surface area (Å²) in [6, 6.07) is 6.96. The van der Waals surface area contributed by atoms with E-state index in [1.807, 2.05) is 0 Å². The molecule has 20 heavy (non-hydrogen) atoms. The summed E-state index contributed by atoms with van der Waals surface area (Å²) in [6.45, 7) is 5.84. The van der Waals surface area contributed by atoms with Crippen LogP contribution in [0, 0.1) is 0 Å². The minimum atomic E-state index is 0. The fourth-order valence-corrected chi connectivity index (χ4v) is 2.81. The van der Waals surface area contributed by atoms with Gasteiger partial charge in [-0.05, 0) is 37.2 Å². The van der Waals surface area contributed by atoms with E-state index in [4.69, 9.17) is 0 Å². The normalized spacial score (nSPS) is 17.7. The molecule has 1 aromatic carbocycles. The molecule has 1 aromatic rings. The molecule has 0 amide bonds. The Labute approximate surface area is 140 Å². The van der Waals surface area contributed by atoms with E-state index in [1.54, 1.807) is 0 Å². The fourth-order valence-electron chi connectivity index (χ4n) is 2.81. The zero-order chi connectivity index (χ0) is 11.8. The zero-order valence-electron chi connectivity index (χ0n) is 12.0. The molecule has 0 aromatic heterocycles. The molecule has 2 aliphatic heterocycles. The van der Waals surface area contributed by atoms with E-state index >= 15 is 0 Å². The molecule has 1 fully saturated rings. The number of rotatable bonds is 1. The third-order valence-corrected chi connectivity index (χ3v) is 4.06. The van der Waals surface area contributed by atoms with Crippen molar-refractivity contribution >= 4 is 48.6 Å². The Bertz CT molecular complexity index is 420. The van der Waals surface area contributed by atoms with Crippen molar-refractivity contribution in [2.45, 2.75) is 6.42 Å². The Morgan fingerprint density at radius 2 is 1.50 bits per heavy atom. The standard InChI is InChI=1S/C14H21N3.3ClH/c1-15-7-9-17(10-8-15)13-3-4-14-12(11-13)5-6-16(14)2;;;/h3-4,11H,5-10H2,1-2H3;3*1H. The smallest absolute Gasteiger partial charge is 0.0398 e. The monoisotopic (exact) mass is 339 g/mol. The first-order valence-corrected chi connectivity index (χ1v) is 6.51. The van der Waals surface area contributed by atoms with E-state index < -0.39 is 0 Å². The van der Waals surface area contributed by atoms with Crippen LogP contribution in [0.5, 0.6) is 0 Å². The molecule has 3 rings (SSSR count). The molecule has 116 valence electrons. The number of halogens is 3. The van der Waals surface area contributed by atoms with Crippen LogP contribution in [-0.4, -0.2) is 51.7 Å². The van der Waals surface area contributed by atoms with Gasteiger partial charge in [0.25, 0.3) is 0 Å². The topological polar surface area (TPSA) is 9.72 Å². The third kappa shape index (κ3) is 3.85. The summed E-state index contributed by atoms with van der Waals surface area (Å²) in [5, 5.41) is 0. The number of benzene rings is 1. The maximum atomic E-state index is 2.51. The van der Waals surface area contributed by atoms with Crippen LogP contribution in [0.2, 0.25) is 0 Å². The summed E-state index contributed by atoms with van der Waals surface area (Å²) in [5.74, 6) is 0. The fraction of sp³-hybridized carbons (Fsp3) is 0.571. The van der Waals surface area contributed by atoms with Crippen LogP contribution in [0.4, 0.5) is 11.4 Å². The second kappa shape index (κ2) is 8.18. The van der Waals surface area contributed by atoms with Gasteiger partial charge in [0.1, 0.15) is 0 Å². The lowest BCUT2D eigenvalue weighted by Gasteiger charge is -2.34. The van der Waals surface area contributed by atoms with Crippen LogP contribution in [0.25, 0.3) is 0 Å². The van der Waals surface area contributed by atoms with Crippen LogP contribution in [0.15, 0.2) is 18.2 Å². The van der Waals surface area contributed by atoms with E-state index in [0.717, 1.165) is 13.1 Å². The van der Waals surface area contributed by atoms with Gasteiger partial charge in [-0.15, -0.1) is 37.2 Å². The predicted octanol–water partition coefficient (Wildman–Crippen LogP) is 2.70. The quantitative estimate of drug-likeness (QED) is 0.778. The largest absolute Gasteiger partial charge is 0.374 e. The van der Waals surface area contributed by atoms with Crippen molar-refractivity contribution < 1.29 is 0 Å². The highest BCUT2D eigenvalue weighted by Crippen LogP contribution is 2.30. The van der Waals surface area contributed by atoms with Crippen molar-refractivity contribution in [3.63, 3.8) is 0 Å². The summed E-state index contributed by atoms with van der Waals surface area (Å²) in [5.41, 5.74) is 4.35. The number of hydrogen-bond donors (Lipinski definition) is 0. The SMILES string of the molecule is CN1CCN(c2ccc3c(c2)CCN3C)CC1.Cl.Cl.Cl. The molecular weight excluding hydrogens is 317 g/mol. The summed E-state index contributed by atoms with van der Waals surface area (Å²) in [6.07, 6.45) is 1.20. The molecule has 0 radical (unpaired) electrons. The molecule has 0 N–H and O–H groups in total. The molecule has 2 aliphatic rings. The average molecular weight is 341 g/mol. The van der Waals surface area contributed by atoms with Gasteiger partial charge in [-0.3, -0.25) is 0 Å². The van der Waals surface area contributed by atoms with Crippen LogP contribution in [0.3, 0.4) is 0 Å². The van der Waals surface area contributed by atoms with Gasteiger partial charge in [0.15, 0.2) is 0 Å². The number of likely N-dealkylation sites (N-methyl/N-ethyl adjacent to an activating group) is 2. The average Bonchev–Trinajstić information content (AvgIpc) is 2.72. The predicted molar refractivity (Wildman–Crippen MR) is 94.9 cm³/mol. The maximum absolute atomic E-state index is 2.51. The summed E-state index contributed by atoms with van der Waals surface area (Å²) < 4.78 is 0. The molecule has 0 saturated carbocycles. The first-order chi connectivity index (χ1) is 8.24. The van der Waals surface area contributed by atoms with Crippen molar-refractivity contribution in [3.05, 3.63) is 23.8 Å². The van der Waals surface area contributed by atoms with Gasteiger partial charge in [0.05, 0.1) is 0 Å². The van der Waals surface area contributed by atoms with Crippen molar-refractivity contribution in [2.75, 3.05) is 56.6 Å². The van der Waals surface area contributed by atoms with Crippen molar-refractivity contribution in [3.8, 4) is 0 Å². The second-order valence-electron chi connectivity index (χ2n) is 5.27. The molecule has 0 spiro atoms. The maximum Gasteiger partial charge on any atom is 0.0398 e. The van der Waals surface area contributed by atoms with E-state index in [0.29, 0.717) is 0 Å². The van der Waals surface area contributed by atoms with E-state index in [-0.39, 0.29) is 37.2 Å². The van der Waals surface area contributed by atoms with Crippen molar-refractivity contribution in [1.82, 2.24) is 4.90 Å². The van der Waals surface area contributed by atoms with Gasteiger partial charge in [-0.1, -0.05) is 0 Å². The molecule has 1 saturated heterocycles. The van der Waals surface area contributed by atoms with Crippen LogP contribution in [-0.2, 0) is 6.42 Å². The molecular formula is C14H24Cl3N3. The van der Waals surface area contributed by atoms with Gasteiger partial charge in [-0.25, -0.2) is 0 Å². The van der Waals surface area contributed by atoms with Crippen LogP contribution < -0.4 is 9.80 Å². The number of hydrogen-bond acceptors (Lipinski definition) is 3. The van der Waals surface area contributed by atoms with E-state index in [9.17, 15) is 0 Å². The molecule has 0 atom stereocenters. The first kappa shape index (κ1) is 19.7. The number of nitrogens with zero attached hydrogens (tertiary/aromatic N) is 3. The minimum absolute atomic E-state index is 0. The summed E-state index contributed by atoms with van der Waals surface area (Å²) in [4.78, 5) is 7.26. The van der Waals surface area contributed by atoms with Crippen molar-refractivity contribution in [1.29, 1.82) is 0 Å². The van der Waals surface area contributed by atoms with Gasteiger partial charge in [0, 0.05) is 51.1 Å². The lowest BCUT2D eigenvalue weighted by molar-refractivity contribution is 0.313. The highest BCUT2D eigenvalue weighted by atomic mass is 35.5. The highest BCUT2D eigenvalue weighted by Gasteiger charge is 2.19. The number of piperazine rings is 1. The lowest BCUT2D eigenvalue weighted by atomic mass is 10.1. The van der Waals surface area contributed by atoms with Crippen LogP contribution in [0.1, 0.15) is 5.56 Å². The molecule has 0 bridgehead atoms. The van der Waals surface area contributed by atoms with Gasteiger partial charge in [-0.2, -0.15) is 0 Å². The molecule has 0 aliphatic carbocycles. The highest BCUT2D eigenvalue weighted by molar-refractivity contribution is 5.86. The molecule has 0 unspecified atom stereocenters. The van der Waals surface area contributed by atoms with Gasteiger partial charge in [0.2, 0.25) is 0 Å². The van der Waals surface area contributed by atoms with Gasteiger partial charge >= 0.3 is 0 Å². The number of anilines is 2. The molecule has 2 heterocycles. The molecule has 3 nitrogen and oxygen atoms in total. The van der Waals surface area contributed by atoms with E-state index in [2.05, 4.69) is 47.0 Å². The first-order valence-electron chi connectivity index (χ1n) is 6.51. The van der Waals surface area contributed by atoms with Crippen LogP contribution >= 0.6 is 37.2 Å².